The third kappa shape index (κ3) is 8.85. The Morgan fingerprint density at radius 3 is 2.33 bits per heavy atom. The van der Waals surface area contributed by atoms with E-state index in [-0.39, 0.29) is 37.4 Å². The predicted molar refractivity (Wildman–Crippen MR) is 163 cm³/mol. The first kappa shape index (κ1) is 32.2. The zero-order chi connectivity index (χ0) is 29.4. The summed E-state index contributed by atoms with van der Waals surface area (Å²) in [4.78, 5) is 28.7. The van der Waals surface area contributed by atoms with Crippen LogP contribution in [0.25, 0.3) is 0 Å². The van der Waals surface area contributed by atoms with E-state index in [1.807, 2.05) is 32.9 Å². The SMILES string of the molecule is CC[C@@H](C(=O)NC1CCCCC1)N(Cc1ccc(Cl)cc1Cl)C(=O)CCCN(c1ccc(C)c(C)c1)S(C)(=O)=O. The number of anilines is 1. The molecule has 0 aromatic heterocycles. The number of nitrogens with one attached hydrogen (secondary N) is 1. The van der Waals surface area contributed by atoms with Gasteiger partial charge in [-0.05, 0) is 80.5 Å². The van der Waals surface area contributed by atoms with Crippen LogP contribution in [-0.4, -0.2) is 50.0 Å². The maximum absolute atomic E-state index is 13.7. The Morgan fingerprint density at radius 1 is 1.02 bits per heavy atom. The minimum atomic E-state index is -3.56. The van der Waals surface area contributed by atoms with Crippen LogP contribution in [0.4, 0.5) is 5.69 Å². The molecule has 2 amide bonds. The smallest absolute Gasteiger partial charge is 0.243 e. The van der Waals surface area contributed by atoms with Crippen LogP contribution in [-0.2, 0) is 26.2 Å². The average Bonchev–Trinajstić information content (AvgIpc) is 2.89. The van der Waals surface area contributed by atoms with Gasteiger partial charge in [0, 0.05) is 35.6 Å². The summed E-state index contributed by atoms with van der Waals surface area (Å²) in [6, 6.07) is 10.1. The zero-order valence-electron chi connectivity index (χ0n) is 23.9. The van der Waals surface area contributed by atoms with Gasteiger partial charge >= 0.3 is 0 Å². The van der Waals surface area contributed by atoms with Gasteiger partial charge in [0.1, 0.15) is 6.04 Å². The van der Waals surface area contributed by atoms with Gasteiger partial charge in [-0.3, -0.25) is 13.9 Å². The highest BCUT2D eigenvalue weighted by Gasteiger charge is 2.31. The number of aryl methyl sites for hydroxylation is 2. The predicted octanol–water partition coefficient (Wildman–Crippen LogP) is 6.41. The Hall–Kier alpha value is -2.29. The first-order valence-corrected chi connectivity index (χ1v) is 16.6. The molecule has 0 spiro atoms. The van der Waals surface area contributed by atoms with E-state index in [0.717, 1.165) is 36.8 Å². The maximum Gasteiger partial charge on any atom is 0.243 e. The summed E-state index contributed by atoms with van der Waals surface area (Å²) in [5.41, 5.74) is 3.32. The molecule has 0 heterocycles. The van der Waals surface area contributed by atoms with Gasteiger partial charge < -0.3 is 10.2 Å². The topological polar surface area (TPSA) is 86.8 Å². The summed E-state index contributed by atoms with van der Waals surface area (Å²) in [6.07, 6.45) is 7.22. The molecule has 1 N–H and O–H groups in total. The molecule has 1 saturated carbocycles. The molecule has 40 heavy (non-hydrogen) atoms. The number of carbonyl (C=O) groups excluding carboxylic acids is 2. The highest BCUT2D eigenvalue weighted by Crippen LogP contribution is 2.26. The lowest BCUT2D eigenvalue weighted by atomic mass is 9.95. The van der Waals surface area contributed by atoms with Gasteiger partial charge in [-0.25, -0.2) is 8.42 Å². The normalized spacial score (nSPS) is 14.9. The van der Waals surface area contributed by atoms with E-state index < -0.39 is 16.1 Å². The Kier molecular flexibility index (Phi) is 11.7. The summed E-state index contributed by atoms with van der Waals surface area (Å²) < 4.78 is 26.6. The molecule has 0 aliphatic heterocycles. The highest BCUT2D eigenvalue weighted by atomic mass is 35.5. The van der Waals surface area contributed by atoms with Crippen molar-refractivity contribution in [3.63, 3.8) is 0 Å². The van der Waals surface area contributed by atoms with Crippen molar-refractivity contribution in [3.05, 3.63) is 63.1 Å². The van der Waals surface area contributed by atoms with E-state index >= 15 is 0 Å². The van der Waals surface area contributed by atoms with Crippen molar-refractivity contribution in [3.8, 4) is 0 Å². The number of sulfonamides is 1. The number of amides is 2. The summed E-state index contributed by atoms with van der Waals surface area (Å²) >= 11 is 12.5. The number of benzene rings is 2. The second kappa shape index (κ2) is 14.6. The van der Waals surface area contributed by atoms with Crippen LogP contribution in [0, 0.1) is 13.8 Å². The minimum absolute atomic E-state index is 0.0787. The summed E-state index contributed by atoms with van der Waals surface area (Å²) in [7, 11) is -3.56. The fourth-order valence-electron chi connectivity index (χ4n) is 5.18. The monoisotopic (exact) mass is 609 g/mol. The maximum atomic E-state index is 13.7. The fourth-order valence-corrected chi connectivity index (χ4v) is 6.61. The van der Waals surface area contributed by atoms with Crippen LogP contribution in [0.2, 0.25) is 10.0 Å². The zero-order valence-corrected chi connectivity index (χ0v) is 26.2. The van der Waals surface area contributed by atoms with Crippen LogP contribution in [0.15, 0.2) is 36.4 Å². The summed E-state index contributed by atoms with van der Waals surface area (Å²) in [5.74, 6) is -0.397. The molecule has 3 rings (SSSR count). The second-order valence-corrected chi connectivity index (χ2v) is 13.5. The molecular formula is C30H41Cl2N3O4S. The van der Waals surface area contributed by atoms with Crippen molar-refractivity contribution in [2.45, 2.75) is 90.8 Å². The number of hydrogen-bond donors (Lipinski definition) is 1. The van der Waals surface area contributed by atoms with Crippen LogP contribution >= 0.6 is 23.2 Å². The number of rotatable bonds is 12. The van der Waals surface area contributed by atoms with Gasteiger partial charge in [-0.15, -0.1) is 0 Å². The van der Waals surface area contributed by atoms with Gasteiger partial charge in [-0.2, -0.15) is 0 Å². The van der Waals surface area contributed by atoms with Gasteiger partial charge in [0.15, 0.2) is 0 Å². The lowest BCUT2D eigenvalue weighted by Gasteiger charge is -2.33. The lowest BCUT2D eigenvalue weighted by molar-refractivity contribution is -0.141. The van der Waals surface area contributed by atoms with Crippen LogP contribution in [0.5, 0.6) is 0 Å². The molecule has 1 aliphatic rings. The first-order valence-electron chi connectivity index (χ1n) is 14.0. The summed E-state index contributed by atoms with van der Waals surface area (Å²) in [5, 5.41) is 4.07. The number of carbonyl (C=O) groups is 2. The van der Waals surface area contributed by atoms with Crippen molar-refractivity contribution in [1.29, 1.82) is 0 Å². The van der Waals surface area contributed by atoms with Gasteiger partial charge in [0.05, 0.1) is 11.9 Å². The molecule has 1 aliphatic carbocycles. The molecule has 220 valence electrons. The van der Waals surface area contributed by atoms with E-state index in [1.54, 1.807) is 29.2 Å². The number of halogens is 2. The van der Waals surface area contributed by atoms with Gasteiger partial charge in [0.25, 0.3) is 0 Å². The Bertz CT molecular complexity index is 1300. The van der Waals surface area contributed by atoms with Crippen LogP contribution in [0.1, 0.15) is 75.0 Å². The van der Waals surface area contributed by atoms with Crippen molar-refractivity contribution in [2.75, 3.05) is 17.1 Å². The molecule has 1 fully saturated rings. The van der Waals surface area contributed by atoms with E-state index in [0.29, 0.717) is 34.1 Å². The Balaban J connectivity index is 1.79. The molecule has 0 unspecified atom stereocenters. The average molecular weight is 611 g/mol. The standard InChI is InChI=1S/C30H41Cl2N3O4S/c1-5-28(30(37)33-25-10-7-6-8-11-25)34(20-23-14-15-24(31)19-27(23)32)29(36)12-9-17-35(40(4,38)39)26-16-13-21(2)22(3)18-26/h13-16,18-19,25,28H,5-12,17,20H2,1-4H3,(H,33,37)/t28-/m0/s1. The third-order valence-electron chi connectivity index (χ3n) is 7.62. The van der Waals surface area contributed by atoms with Crippen molar-refractivity contribution >= 4 is 50.7 Å². The van der Waals surface area contributed by atoms with E-state index in [2.05, 4.69) is 5.32 Å². The molecule has 2 aromatic carbocycles. The van der Waals surface area contributed by atoms with Gasteiger partial charge in [-0.1, -0.05) is 61.5 Å². The minimum Gasteiger partial charge on any atom is -0.352 e. The third-order valence-corrected chi connectivity index (χ3v) is 9.40. The first-order chi connectivity index (χ1) is 18.9. The lowest BCUT2D eigenvalue weighted by Crippen LogP contribution is -2.51. The molecular weight excluding hydrogens is 569 g/mol. The fraction of sp³-hybridized carbons (Fsp3) is 0.533. The van der Waals surface area contributed by atoms with Crippen LogP contribution < -0.4 is 9.62 Å². The van der Waals surface area contributed by atoms with Gasteiger partial charge in [0.2, 0.25) is 21.8 Å². The molecule has 0 bridgehead atoms. The molecule has 2 aromatic rings. The Morgan fingerprint density at radius 2 is 1.73 bits per heavy atom. The quantitative estimate of drug-likeness (QED) is 0.301. The number of hydrogen-bond acceptors (Lipinski definition) is 4. The second-order valence-electron chi connectivity index (χ2n) is 10.7. The molecule has 7 nitrogen and oxygen atoms in total. The van der Waals surface area contributed by atoms with E-state index in [9.17, 15) is 18.0 Å². The van der Waals surface area contributed by atoms with E-state index in [4.69, 9.17) is 23.2 Å². The van der Waals surface area contributed by atoms with E-state index in [1.165, 1.54) is 17.0 Å². The van der Waals surface area contributed by atoms with Crippen molar-refractivity contribution in [2.24, 2.45) is 0 Å². The number of nitrogens with zero attached hydrogens (tertiary/aromatic N) is 2. The molecule has 10 heteroatoms. The van der Waals surface area contributed by atoms with Crippen LogP contribution in [0.3, 0.4) is 0 Å². The van der Waals surface area contributed by atoms with Crippen molar-refractivity contribution in [1.82, 2.24) is 10.2 Å². The molecule has 1 atom stereocenters. The summed E-state index contributed by atoms with van der Waals surface area (Å²) in [6.45, 7) is 6.09. The largest absolute Gasteiger partial charge is 0.352 e. The van der Waals surface area contributed by atoms with Crippen molar-refractivity contribution < 1.29 is 18.0 Å². The molecule has 0 saturated heterocycles. The Labute approximate surface area is 249 Å². The molecule has 0 radical (unpaired) electrons. The highest BCUT2D eigenvalue weighted by molar-refractivity contribution is 7.92.